The Morgan fingerprint density at radius 3 is 2.93 bits per heavy atom. The quantitative estimate of drug-likeness (QED) is 0.798. The van der Waals surface area contributed by atoms with Crippen LogP contribution in [0.25, 0.3) is 0 Å². The van der Waals surface area contributed by atoms with Gasteiger partial charge in [0, 0.05) is 19.2 Å². The number of likely N-dealkylation sites (tertiary alicyclic amines) is 1. The van der Waals surface area contributed by atoms with Crippen molar-refractivity contribution in [3.05, 3.63) is 6.07 Å². The van der Waals surface area contributed by atoms with Crippen LogP contribution in [0.1, 0.15) is 12.8 Å². The first-order valence-corrected chi connectivity index (χ1v) is 5.77. The summed E-state index contributed by atoms with van der Waals surface area (Å²) in [5.74, 6) is 0.649. The van der Waals surface area contributed by atoms with Crippen LogP contribution in [0.5, 0.6) is 0 Å². The van der Waals surface area contributed by atoms with Crippen LogP contribution in [-0.4, -0.2) is 34.8 Å². The molecule has 1 aromatic heterocycles. The first-order chi connectivity index (χ1) is 7.25. The van der Waals surface area contributed by atoms with E-state index in [0.717, 1.165) is 30.9 Å². The highest BCUT2D eigenvalue weighted by atomic mass is 32.1. The van der Waals surface area contributed by atoms with Gasteiger partial charge in [0.2, 0.25) is 5.91 Å². The van der Waals surface area contributed by atoms with Crippen molar-refractivity contribution in [2.24, 2.45) is 0 Å². The number of amides is 1. The third-order valence-electron chi connectivity index (χ3n) is 2.40. The van der Waals surface area contributed by atoms with E-state index in [4.69, 9.17) is 5.73 Å². The van der Waals surface area contributed by atoms with Gasteiger partial charge >= 0.3 is 0 Å². The van der Waals surface area contributed by atoms with Gasteiger partial charge < -0.3 is 16.0 Å². The zero-order chi connectivity index (χ0) is 10.7. The SMILES string of the molecule is Nc1cc(NCC(=O)N2CCCC2)sn1. The Labute approximate surface area is 92.4 Å². The summed E-state index contributed by atoms with van der Waals surface area (Å²) >= 11 is 1.28. The van der Waals surface area contributed by atoms with Crippen molar-refractivity contribution in [2.75, 3.05) is 30.7 Å². The molecule has 5 nitrogen and oxygen atoms in total. The predicted octanol–water partition coefficient (Wildman–Crippen LogP) is 0.760. The molecule has 15 heavy (non-hydrogen) atoms. The maximum atomic E-state index is 11.6. The Hall–Kier alpha value is -1.30. The fourth-order valence-corrected chi connectivity index (χ4v) is 2.18. The van der Waals surface area contributed by atoms with E-state index in [1.54, 1.807) is 6.07 Å². The number of carbonyl (C=O) groups excluding carboxylic acids is 1. The molecule has 0 radical (unpaired) electrons. The van der Waals surface area contributed by atoms with E-state index in [1.807, 2.05) is 4.90 Å². The Morgan fingerprint density at radius 2 is 2.33 bits per heavy atom. The molecule has 1 aliphatic heterocycles. The molecule has 0 spiro atoms. The molecule has 0 aromatic carbocycles. The zero-order valence-electron chi connectivity index (χ0n) is 8.40. The van der Waals surface area contributed by atoms with Crippen molar-refractivity contribution in [1.29, 1.82) is 0 Å². The van der Waals surface area contributed by atoms with E-state index in [9.17, 15) is 4.79 Å². The topological polar surface area (TPSA) is 71.2 Å². The largest absolute Gasteiger partial charge is 0.383 e. The molecule has 6 heteroatoms. The van der Waals surface area contributed by atoms with E-state index in [1.165, 1.54) is 11.5 Å². The molecule has 0 bridgehead atoms. The molecule has 1 saturated heterocycles. The Bertz CT molecular complexity index is 346. The molecule has 2 heterocycles. The van der Waals surface area contributed by atoms with Crippen LogP contribution in [0.2, 0.25) is 0 Å². The van der Waals surface area contributed by atoms with Gasteiger partial charge in [-0.15, -0.1) is 0 Å². The summed E-state index contributed by atoms with van der Waals surface area (Å²) in [7, 11) is 0. The monoisotopic (exact) mass is 226 g/mol. The molecule has 1 aromatic rings. The molecule has 0 saturated carbocycles. The van der Waals surface area contributed by atoms with Crippen LogP contribution >= 0.6 is 11.5 Å². The number of hydrogen-bond acceptors (Lipinski definition) is 5. The van der Waals surface area contributed by atoms with Gasteiger partial charge in [0.1, 0.15) is 10.8 Å². The van der Waals surface area contributed by atoms with Gasteiger partial charge in [-0.05, 0) is 24.4 Å². The molecule has 82 valence electrons. The highest BCUT2D eigenvalue weighted by Crippen LogP contribution is 2.17. The molecule has 1 amide bonds. The average molecular weight is 226 g/mol. The summed E-state index contributed by atoms with van der Waals surface area (Å²) in [6, 6.07) is 1.74. The lowest BCUT2D eigenvalue weighted by Crippen LogP contribution is -2.32. The lowest BCUT2D eigenvalue weighted by Gasteiger charge is -2.15. The van der Waals surface area contributed by atoms with Crippen LogP contribution in [-0.2, 0) is 4.79 Å². The standard InChI is InChI=1S/C9H14N4OS/c10-7-5-8(15-12-7)11-6-9(14)13-3-1-2-4-13/h5,11H,1-4,6H2,(H2,10,12). The van der Waals surface area contributed by atoms with Crippen molar-refractivity contribution in [3.8, 4) is 0 Å². The van der Waals surface area contributed by atoms with Crippen LogP contribution < -0.4 is 11.1 Å². The second-order valence-electron chi connectivity index (χ2n) is 3.56. The van der Waals surface area contributed by atoms with Gasteiger partial charge in [0.15, 0.2) is 0 Å². The normalized spacial score (nSPS) is 15.6. The van der Waals surface area contributed by atoms with Crippen molar-refractivity contribution in [2.45, 2.75) is 12.8 Å². The summed E-state index contributed by atoms with van der Waals surface area (Å²) in [4.78, 5) is 13.5. The first-order valence-electron chi connectivity index (χ1n) is 4.99. The fraction of sp³-hybridized carbons (Fsp3) is 0.556. The van der Waals surface area contributed by atoms with Crippen molar-refractivity contribution < 1.29 is 4.79 Å². The highest BCUT2D eigenvalue weighted by molar-refractivity contribution is 7.10. The number of carbonyl (C=O) groups is 1. The fourth-order valence-electron chi connectivity index (χ4n) is 1.61. The van der Waals surface area contributed by atoms with E-state index in [-0.39, 0.29) is 5.91 Å². The maximum Gasteiger partial charge on any atom is 0.241 e. The second kappa shape index (κ2) is 4.48. The molecule has 2 rings (SSSR count). The molecule has 1 aliphatic rings. The van der Waals surface area contributed by atoms with Gasteiger partial charge in [-0.2, -0.15) is 4.37 Å². The van der Waals surface area contributed by atoms with Crippen LogP contribution in [0.4, 0.5) is 10.8 Å². The minimum absolute atomic E-state index is 0.152. The number of nitrogen functional groups attached to an aromatic ring is 1. The number of anilines is 2. The van der Waals surface area contributed by atoms with Gasteiger partial charge in [-0.1, -0.05) is 0 Å². The third-order valence-corrected chi connectivity index (χ3v) is 3.16. The van der Waals surface area contributed by atoms with Gasteiger partial charge in [-0.25, -0.2) is 0 Å². The summed E-state index contributed by atoms with van der Waals surface area (Å²) in [6.07, 6.45) is 2.25. The lowest BCUT2D eigenvalue weighted by molar-refractivity contribution is -0.128. The third kappa shape index (κ3) is 2.59. The van der Waals surface area contributed by atoms with Crippen molar-refractivity contribution >= 4 is 28.3 Å². The number of aromatic nitrogens is 1. The van der Waals surface area contributed by atoms with E-state index < -0.39 is 0 Å². The molecule has 3 N–H and O–H groups in total. The minimum atomic E-state index is 0.152. The second-order valence-corrected chi connectivity index (χ2v) is 4.36. The maximum absolute atomic E-state index is 11.6. The Morgan fingerprint density at radius 1 is 1.60 bits per heavy atom. The lowest BCUT2D eigenvalue weighted by atomic mass is 10.4. The number of nitrogens with two attached hydrogens (primary N) is 1. The molecule has 0 atom stereocenters. The molecule has 0 unspecified atom stereocenters. The van der Waals surface area contributed by atoms with E-state index in [0.29, 0.717) is 12.4 Å². The van der Waals surface area contributed by atoms with Gasteiger partial charge in [0.05, 0.1) is 6.54 Å². The van der Waals surface area contributed by atoms with Crippen molar-refractivity contribution in [1.82, 2.24) is 9.27 Å². The molecular weight excluding hydrogens is 212 g/mol. The zero-order valence-corrected chi connectivity index (χ0v) is 9.22. The molecular formula is C9H14N4OS. The number of nitrogens with one attached hydrogen (secondary N) is 1. The van der Waals surface area contributed by atoms with Crippen LogP contribution in [0.15, 0.2) is 6.07 Å². The van der Waals surface area contributed by atoms with Gasteiger partial charge in [-0.3, -0.25) is 4.79 Å². The average Bonchev–Trinajstić information content (AvgIpc) is 2.84. The summed E-state index contributed by atoms with van der Waals surface area (Å²) in [5.41, 5.74) is 5.47. The summed E-state index contributed by atoms with van der Waals surface area (Å²) in [5, 5.41) is 3.87. The smallest absolute Gasteiger partial charge is 0.241 e. The number of hydrogen-bond donors (Lipinski definition) is 2. The minimum Gasteiger partial charge on any atom is -0.383 e. The van der Waals surface area contributed by atoms with Gasteiger partial charge in [0.25, 0.3) is 0 Å². The van der Waals surface area contributed by atoms with Crippen LogP contribution in [0.3, 0.4) is 0 Å². The molecule has 0 aliphatic carbocycles. The molecule has 1 fully saturated rings. The first kappa shape index (κ1) is 10.2. The Balaban J connectivity index is 1.80. The van der Waals surface area contributed by atoms with E-state index in [2.05, 4.69) is 9.69 Å². The van der Waals surface area contributed by atoms with Crippen molar-refractivity contribution in [3.63, 3.8) is 0 Å². The predicted molar refractivity (Wildman–Crippen MR) is 60.8 cm³/mol. The summed E-state index contributed by atoms with van der Waals surface area (Å²) < 4.78 is 3.92. The highest BCUT2D eigenvalue weighted by Gasteiger charge is 2.17. The number of rotatable bonds is 3. The summed E-state index contributed by atoms with van der Waals surface area (Å²) in [6.45, 7) is 2.12. The van der Waals surface area contributed by atoms with Crippen LogP contribution in [0, 0.1) is 0 Å². The Kier molecular flexibility index (Phi) is 3.05. The number of nitrogens with zero attached hydrogens (tertiary/aromatic N) is 2. The van der Waals surface area contributed by atoms with E-state index >= 15 is 0 Å².